The van der Waals surface area contributed by atoms with Crippen LogP contribution in [0, 0.1) is 5.92 Å². The van der Waals surface area contributed by atoms with E-state index in [1.54, 1.807) is 6.92 Å². The molecule has 0 radical (unpaired) electrons. The van der Waals surface area contributed by atoms with E-state index >= 15 is 0 Å². The first-order chi connectivity index (χ1) is 25.1. The first-order valence-corrected chi connectivity index (χ1v) is 19.0. The van der Waals surface area contributed by atoms with Gasteiger partial charge in [-0.1, -0.05) is 25.8 Å². The van der Waals surface area contributed by atoms with Gasteiger partial charge in [0.1, 0.15) is 18.3 Å². The normalized spacial score (nSPS) is 32.8. The molecule has 11 unspecified atom stereocenters. The summed E-state index contributed by atoms with van der Waals surface area (Å²) in [6.07, 6.45) is 18.7. The van der Waals surface area contributed by atoms with Crippen molar-refractivity contribution in [1.82, 2.24) is 0 Å². The van der Waals surface area contributed by atoms with Gasteiger partial charge in [-0.2, -0.15) is 0 Å². The summed E-state index contributed by atoms with van der Waals surface area (Å²) in [4.78, 5) is 32.6. The quantitative estimate of drug-likeness (QED) is 0.0492. The van der Waals surface area contributed by atoms with Crippen molar-refractivity contribution < 1.29 is 57.0 Å². The third-order valence-electron chi connectivity index (χ3n) is 9.82. The van der Waals surface area contributed by atoms with Gasteiger partial charge < -0.3 is 42.6 Å². The number of carbonyl (C=O) groups excluding carboxylic acids is 3. The van der Waals surface area contributed by atoms with Gasteiger partial charge in [-0.15, -0.1) is 6.58 Å². The Bertz CT molecular complexity index is 1200. The van der Waals surface area contributed by atoms with E-state index in [2.05, 4.69) is 26.3 Å². The van der Waals surface area contributed by atoms with Gasteiger partial charge in [0.05, 0.1) is 69.2 Å². The van der Waals surface area contributed by atoms with E-state index < -0.39 is 0 Å². The van der Waals surface area contributed by atoms with Crippen LogP contribution < -0.4 is 0 Å². The van der Waals surface area contributed by atoms with E-state index in [0.29, 0.717) is 74.0 Å². The highest BCUT2D eigenvalue weighted by Gasteiger charge is 2.46. The number of carbonyl (C=O) groups is 3. The first kappa shape index (κ1) is 41.9. The largest absolute Gasteiger partial charge is 0.463 e. The molecule has 4 saturated heterocycles. The molecule has 52 heavy (non-hydrogen) atoms. The summed E-state index contributed by atoms with van der Waals surface area (Å²) in [7, 11) is 0. The first-order valence-electron chi connectivity index (χ1n) is 19.0. The van der Waals surface area contributed by atoms with E-state index in [1.807, 2.05) is 13.0 Å². The molecule has 7 fully saturated rings. The molecule has 7 aliphatic rings. The molecule has 0 spiro atoms. The summed E-state index contributed by atoms with van der Waals surface area (Å²) < 4.78 is 47.1. The molecule has 0 amide bonds. The molecule has 4 aliphatic heterocycles. The van der Waals surface area contributed by atoms with Crippen LogP contribution in [0.1, 0.15) is 84.5 Å². The molecule has 3 aliphatic carbocycles. The van der Waals surface area contributed by atoms with Crippen molar-refractivity contribution in [2.24, 2.45) is 5.92 Å². The van der Waals surface area contributed by atoms with Crippen LogP contribution in [0.2, 0.25) is 0 Å². The Morgan fingerprint density at radius 1 is 0.731 bits per heavy atom. The number of unbranched alkanes of at least 4 members (excludes halogenated alkanes) is 1. The highest BCUT2D eigenvalue weighted by molar-refractivity contribution is 5.87. The molecule has 0 bridgehead atoms. The number of fused-ring (bicyclic) bond motifs is 3. The minimum absolute atomic E-state index is 0.0490. The lowest BCUT2D eigenvalue weighted by molar-refractivity contribution is -0.145. The lowest BCUT2D eigenvalue weighted by Crippen LogP contribution is -2.24. The molecule has 12 nitrogen and oxygen atoms in total. The SMILES string of the molecule is C=C(C)C(=O)OC1CCC2OC2C1.C=CC(=O)OC1CCC2OC2C1.C=CC(=O)OCCCCOCC1CO1.C=CC(C)OCC1CCC2OC2C1. The van der Waals surface area contributed by atoms with Crippen LogP contribution in [0.4, 0.5) is 0 Å². The third kappa shape index (κ3) is 16.4. The number of hydrogen-bond donors (Lipinski definition) is 0. The predicted molar refractivity (Wildman–Crippen MR) is 192 cm³/mol. The van der Waals surface area contributed by atoms with Crippen LogP contribution >= 0.6 is 0 Å². The van der Waals surface area contributed by atoms with Gasteiger partial charge in [-0.05, 0) is 77.6 Å². The minimum Gasteiger partial charge on any atom is -0.463 e. The zero-order chi connectivity index (χ0) is 37.5. The van der Waals surface area contributed by atoms with Crippen LogP contribution in [0.15, 0.2) is 50.1 Å². The Morgan fingerprint density at radius 2 is 1.29 bits per heavy atom. The van der Waals surface area contributed by atoms with Gasteiger partial charge in [0.25, 0.3) is 0 Å². The van der Waals surface area contributed by atoms with Crippen LogP contribution in [-0.2, 0) is 57.0 Å². The molecule has 0 aromatic rings. The molecular formula is C40H60O12. The van der Waals surface area contributed by atoms with E-state index in [-0.39, 0.29) is 36.2 Å². The Kier molecular flexibility index (Phi) is 17.5. The van der Waals surface area contributed by atoms with E-state index in [9.17, 15) is 14.4 Å². The zero-order valence-electron chi connectivity index (χ0n) is 31.1. The average molecular weight is 733 g/mol. The summed E-state index contributed by atoms with van der Waals surface area (Å²) in [5.74, 6) is -0.244. The van der Waals surface area contributed by atoms with Crippen molar-refractivity contribution in [2.75, 3.05) is 33.0 Å². The van der Waals surface area contributed by atoms with Gasteiger partial charge in [0, 0.05) is 37.2 Å². The molecular weight excluding hydrogens is 672 g/mol. The van der Waals surface area contributed by atoms with Gasteiger partial charge >= 0.3 is 17.9 Å². The minimum atomic E-state index is -0.364. The van der Waals surface area contributed by atoms with E-state index in [1.165, 1.54) is 31.4 Å². The van der Waals surface area contributed by atoms with Gasteiger partial charge in [0.15, 0.2) is 0 Å². The smallest absolute Gasteiger partial charge is 0.333 e. The molecule has 0 aromatic carbocycles. The predicted octanol–water partition coefficient (Wildman–Crippen LogP) is 5.52. The van der Waals surface area contributed by atoms with Crippen molar-refractivity contribution in [1.29, 1.82) is 0 Å². The standard InChI is InChI=1S/C11H18O2.C10H16O4.C10H14O3.C9H12O3/c1-3-8(2)12-7-9-4-5-10-11(6-9)13-10;1-2-10(11)13-6-4-3-5-12-7-9-8-14-9;1-6(2)10(11)12-7-3-4-8-9(5-7)13-8;1-2-9(10)11-6-3-4-7-8(5-6)12-7/h3,8-11H,1,4-7H2,2H3;2,9H,1,3-8H2;7-9H,1,3-5H2,2H3;2,6-8H,1,3-5H2. The fourth-order valence-corrected chi connectivity index (χ4v) is 6.32. The van der Waals surface area contributed by atoms with Crippen LogP contribution in [0.5, 0.6) is 0 Å². The maximum absolute atomic E-state index is 11.2. The number of esters is 3. The van der Waals surface area contributed by atoms with E-state index in [0.717, 1.165) is 64.6 Å². The zero-order valence-corrected chi connectivity index (χ0v) is 31.1. The fourth-order valence-electron chi connectivity index (χ4n) is 6.32. The summed E-state index contributed by atoms with van der Waals surface area (Å²) in [5, 5.41) is 0. The topological polar surface area (TPSA) is 147 Å². The number of hydrogen-bond acceptors (Lipinski definition) is 12. The number of ether oxygens (including phenoxy) is 9. The number of rotatable bonds is 16. The molecule has 7 rings (SSSR count). The van der Waals surface area contributed by atoms with Crippen LogP contribution in [-0.4, -0.2) is 112 Å². The maximum atomic E-state index is 11.2. The van der Waals surface area contributed by atoms with Crippen molar-refractivity contribution in [3.05, 3.63) is 50.1 Å². The maximum Gasteiger partial charge on any atom is 0.333 e. The van der Waals surface area contributed by atoms with Gasteiger partial charge in [-0.25, -0.2) is 14.4 Å². The summed E-state index contributed by atoms with van der Waals surface area (Å²) in [6.45, 7) is 21.1. The second kappa shape index (κ2) is 21.7. The van der Waals surface area contributed by atoms with Gasteiger partial charge in [-0.3, -0.25) is 0 Å². The Labute approximate surface area is 309 Å². The van der Waals surface area contributed by atoms with Crippen LogP contribution in [0.3, 0.4) is 0 Å². The highest BCUT2D eigenvalue weighted by atomic mass is 16.6. The Morgan fingerprint density at radius 3 is 1.81 bits per heavy atom. The molecule has 3 saturated carbocycles. The number of epoxide rings is 4. The second-order valence-electron chi connectivity index (χ2n) is 14.4. The molecule has 0 N–H and O–H groups in total. The van der Waals surface area contributed by atoms with Crippen molar-refractivity contribution in [2.45, 2.75) is 146 Å². The lowest BCUT2D eigenvalue weighted by Gasteiger charge is -2.20. The second-order valence-corrected chi connectivity index (χ2v) is 14.4. The molecule has 11 atom stereocenters. The third-order valence-corrected chi connectivity index (χ3v) is 9.82. The summed E-state index contributed by atoms with van der Waals surface area (Å²) in [5.41, 5.74) is 0.471. The van der Waals surface area contributed by atoms with E-state index in [4.69, 9.17) is 42.6 Å². The highest BCUT2D eigenvalue weighted by Crippen LogP contribution is 2.40. The molecule has 292 valence electrons. The van der Waals surface area contributed by atoms with Crippen molar-refractivity contribution in [3.63, 3.8) is 0 Å². The fraction of sp³-hybridized carbons (Fsp3) is 0.725. The molecule has 4 heterocycles. The lowest BCUT2D eigenvalue weighted by atomic mass is 9.90. The average Bonchev–Trinajstić information content (AvgIpc) is 3.94. The summed E-state index contributed by atoms with van der Waals surface area (Å²) >= 11 is 0. The van der Waals surface area contributed by atoms with Crippen molar-refractivity contribution in [3.8, 4) is 0 Å². The van der Waals surface area contributed by atoms with Crippen molar-refractivity contribution >= 4 is 17.9 Å². The van der Waals surface area contributed by atoms with Gasteiger partial charge in [0.2, 0.25) is 0 Å². The monoisotopic (exact) mass is 732 g/mol. The summed E-state index contributed by atoms with van der Waals surface area (Å²) in [6, 6.07) is 0. The Balaban J connectivity index is 0.000000155. The molecule has 0 aromatic heterocycles. The Hall–Kier alpha value is -2.87. The molecule has 12 heteroatoms. The van der Waals surface area contributed by atoms with Crippen LogP contribution in [0.25, 0.3) is 0 Å².